The van der Waals surface area contributed by atoms with E-state index in [2.05, 4.69) is 5.32 Å². The van der Waals surface area contributed by atoms with Crippen molar-refractivity contribution >= 4 is 0 Å². The Labute approximate surface area is 56.8 Å². The zero-order valence-electron chi connectivity index (χ0n) is 5.82. The number of piperidine rings is 1. The first kappa shape index (κ1) is 7.03. The van der Waals surface area contributed by atoms with Crippen molar-refractivity contribution in [3.63, 3.8) is 0 Å². The lowest BCUT2D eigenvalue weighted by molar-refractivity contribution is 0.361. The highest BCUT2D eigenvalue weighted by molar-refractivity contribution is 4.68. The predicted molar refractivity (Wildman–Crippen MR) is 38.2 cm³/mol. The normalized spacial score (nSPS) is 28.3. The molecule has 1 aliphatic rings. The molecule has 0 saturated carbocycles. The van der Waals surface area contributed by atoms with Gasteiger partial charge in [0.2, 0.25) is 0 Å². The van der Waals surface area contributed by atoms with E-state index < -0.39 is 0 Å². The summed E-state index contributed by atoms with van der Waals surface area (Å²) in [6.07, 6.45) is 3.74. The average molecular weight is 127 g/mol. The zero-order chi connectivity index (χ0) is 6.53. The molecule has 0 aromatic carbocycles. The molecule has 0 aliphatic carbocycles. The lowest BCUT2D eigenvalue weighted by Gasteiger charge is -2.21. The molecule has 1 radical (unpaired) electrons. The highest BCUT2D eigenvalue weighted by atomic mass is 14.9. The Balaban J connectivity index is 2.08. The summed E-state index contributed by atoms with van der Waals surface area (Å²) < 4.78 is 0. The van der Waals surface area contributed by atoms with Crippen molar-refractivity contribution in [2.24, 2.45) is 5.92 Å². The SMILES string of the molecule is [NH]CCC1CCCNC1. The third-order valence-electron chi connectivity index (χ3n) is 1.95. The maximum absolute atomic E-state index is 7.01. The average Bonchev–Trinajstić information content (AvgIpc) is 1.91. The standard InChI is InChI=1S/C7H15N2/c8-4-3-7-2-1-5-9-6-7/h7-9H,1-6H2. The zero-order valence-corrected chi connectivity index (χ0v) is 5.82. The molecular weight excluding hydrogens is 112 g/mol. The fourth-order valence-corrected chi connectivity index (χ4v) is 1.37. The first-order valence-electron chi connectivity index (χ1n) is 3.79. The summed E-state index contributed by atoms with van der Waals surface area (Å²) >= 11 is 0. The van der Waals surface area contributed by atoms with Crippen molar-refractivity contribution in [2.75, 3.05) is 19.6 Å². The van der Waals surface area contributed by atoms with Crippen LogP contribution in [0.4, 0.5) is 0 Å². The van der Waals surface area contributed by atoms with Crippen LogP contribution < -0.4 is 11.1 Å². The third-order valence-corrected chi connectivity index (χ3v) is 1.95. The monoisotopic (exact) mass is 127 g/mol. The Hall–Kier alpha value is -0.0800. The van der Waals surface area contributed by atoms with Crippen LogP contribution in [-0.4, -0.2) is 19.6 Å². The van der Waals surface area contributed by atoms with Crippen LogP contribution in [0.2, 0.25) is 0 Å². The number of hydrogen-bond acceptors (Lipinski definition) is 1. The van der Waals surface area contributed by atoms with Crippen LogP contribution in [0.1, 0.15) is 19.3 Å². The van der Waals surface area contributed by atoms with Gasteiger partial charge in [-0.2, -0.15) is 0 Å². The van der Waals surface area contributed by atoms with Crippen LogP contribution in [0.15, 0.2) is 0 Å². The quantitative estimate of drug-likeness (QED) is 0.581. The highest BCUT2D eigenvalue weighted by Gasteiger charge is 2.10. The molecule has 0 spiro atoms. The Morgan fingerprint density at radius 3 is 3.00 bits per heavy atom. The smallest absolute Gasteiger partial charge is 0.0103 e. The van der Waals surface area contributed by atoms with Gasteiger partial charge in [0.15, 0.2) is 0 Å². The molecule has 1 heterocycles. The summed E-state index contributed by atoms with van der Waals surface area (Å²) in [5.74, 6) is 0.802. The maximum atomic E-state index is 7.01. The number of rotatable bonds is 2. The van der Waals surface area contributed by atoms with Gasteiger partial charge >= 0.3 is 0 Å². The maximum Gasteiger partial charge on any atom is 0.0103 e. The molecule has 1 atom stereocenters. The van der Waals surface area contributed by atoms with Gasteiger partial charge in [-0.3, -0.25) is 5.73 Å². The van der Waals surface area contributed by atoms with Crippen LogP contribution in [-0.2, 0) is 0 Å². The minimum Gasteiger partial charge on any atom is -0.316 e. The largest absolute Gasteiger partial charge is 0.316 e. The van der Waals surface area contributed by atoms with Crippen molar-refractivity contribution in [1.29, 1.82) is 0 Å². The summed E-state index contributed by atoms with van der Waals surface area (Å²) in [4.78, 5) is 0. The second-order valence-corrected chi connectivity index (χ2v) is 2.75. The topological polar surface area (TPSA) is 35.8 Å². The Morgan fingerprint density at radius 2 is 2.44 bits per heavy atom. The van der Waals surface area contributed by atoms with Gasteiger partial charge < -0.3 is 5.32 Å². The Morgan fingerprint density at radius 1 is 1.56 bits per heavy atom. The molecule has 53 valence electrons. The van der Waals surface area contributed by atoms with Gasteiger partial charge in [0, 0.05) is 6.54 Å². The highest BCUT2D eigenvalue weighted by Crippen LogP contribution is 2.12. The van der Waals surface area contributed by atoms with E-state index >= 15 is 0 Å². The lowest BCUT2D eigenvalue weighted by Crippen LogP contribution is -2.30. The summed E-state index contributed by atoms with van der Waals surface area (Å²) in [7, 11) is 0. The van der Waals surface area contributed by atoms with E-state index in [1.807, 2.05) is 0 Å². The van der Waals surface area contributed by atoms with E-state index in [4.69, 9.17) is 5.73 Å². The summed E-state index contributed by atoms with van der Waals surface area (Å²) in [6.45, 7) is 2.94. The first-order chi connectivity index (χ1) is 4.43. The van der Waals surface area contributed by atoms with Gasteiger partial charge in [-0.15, -0.1) is 0 Å². The van der Waals surface area contributed by atoms with Crippen LogP contribution in [0.25, 0.3) is 0 Å². The number of hydrogen-bond donors (Lipinski definition) is 1. The molecule has 2 nitrogen and oxygen atoms in total. The minimum absolute atomic E-state index is 0.604. The van der Waals surface area contributed by atoms with Gasteiger partial charge in [-0.25, -0.2) is 0 Å². The Kier molecular flexibility index (Phi) is 3.01. The van der Waals surface area contributed by atoms with Crippen LogP contribution >= 0.6 is 0 Å². The van der Waals surface area contributed by atoms with E-state index in [9.17, 15) is 0 Å². The second kappa shape index (κ2) is 3.85. The van der Waals surface area contributed by atoms with Gasteiger partial charge in [-0.1, -0.05) is 0 Å². The van der Waals surface area contributed by atoms with Crippen molar-refractivity contribution < 1.29 is 0 Å². The number of nitrogens with one attached hydrogen (secondary N) is 2. The molecule has 1 fully saturated rings. The van der Waals surface area contributed by atoms with Gasteiger partial charge in [0.25, 0.3) is 0 Å². The van der Waals surface area contributed by atoms with Crippen LogP contribution in [0, 0.1) is 5.92 Å². The molecule has 1 aliphatic heterocycles. The lowest BCUT2D eigenvalue weighted by atomic mass is 9.96. The van der Waals surface area contributed by atoms with Gasteiger partial charge in [0.05, 0.1) is 0 Å². The van der Waals surface area contributed by atoms with Crippen LogP contribution in [0.5, 0.6) is 0 Å². The fourth-order valence-electron chi connectivity index (χ4n) is 1.37. The van der Waals surface area contributed by atoms with Crippen LogP contribution in [0.3, 0.4) is 0 Å². The first-order valence-corrected chi connectivity index (χ1v) is 3.79. The van der Waals surface area contributed by atoms with Crippen molar-refractivity contribution in [2.45, 2.75) is 19.3 Å². The molecule has 1 saturated heterocycles. The van der Waals surface area contributed by atoms with Crippen molar-refractivity contribution in [1.82, 2.24) is 11.1 Å². The second-order valence-electron chi connectivity index (χ2n) is 2.75. The molecule has 0 aromatic rings. The predicted octanol–water partition coefficient (Wildman–Crippen LogP) is 0.659. The molecule has 1 rings (SSSR count). The molecule has 0 bridgehead atoms. The van der Waals surface area contributed by atoms with E-state index in [1.54, 1.807) is 0 Å². The molecule has 9 heavy (non-hydrogen) atoms. The van der Waals surface area contributed by atoms with E-state index in [0.29, 0.717) is 6.54 Å². The van der Waals surface area contributed by atoms with Crippen molar-refractivity contribution in [3.8, 4) is 0 Å². The molecule has 0 amide bonds. The van der Waals surface area contributed by atoms with E-state index in [0.717, 1.165) is 18.9 Å². The summed E-state index contributed by atoms with van der Waals surface area (Å²) in [5, 5.41) is 3.34. The Bertz CT molecular complexity index is 64.6. The summed E-state index contributed by atoms with van der Waals surface area (Å²) in [6, 6.07) is 0. The van der Waals surface area contributed by atoms with Gasteiger partial charge in [0.1, 0.15) is 0 Å². The third kappa shape index (κ3) is 2.33. The molecule has 2 N–H and O–H groups in total. The molecule has 2 heteroatoms. The van der Waals surface area contributed by atoms with E-state index in [1.165, 1.54) is 19.4 Å². The fraction of sp³-hybridized carbons (Fsp3) is 1.00. The summed E-state index contributed by atoms with van der Waals surface area (Å²) in [5.41, 5.74) is 7.01. The molecule has 0 aromatic heterocycles. The molecule has 1 unspecified atom stereocenters. The van der Waals surface area contributed by atoms with E-state index in [-0.39, 0.29) is 0 Å². The van der Waals surface area contributed by atoms with Gasteiger partial charge in [-0.05, 0) is 38.3 Å². The van der Waals surface area contributed by atoms with Crippen molar-refractivity contribution in [3.05, 3.63) is 0 Å². The minimum atomic E-state index is 0.604. The molecular formula is C7H15N2.